The van der Waals surface area contributed by atoms with Crippen LogP contribution < -0.4 is 4.74 Å². The first kappa shape index (κ1) is 10.4. The van der Waals surface area contributed by atoms with Crippen molar-refractivity contribution in [1.29, 1.82) is 0 Å². The van der Waals surface area contributed by atoms with Crippen LogP contribution in [0.3, 0.4) is 0 Å². The van der Waals surface area contributed by atoms with Gasteiger partial charge in [-0.3, -0.25) is 4.79 Å². The van der Waals surface area contributed by atoms with Gasteiger partial charge in [0, 0.05) is 13.3 Å². The minimum absolute atomic E-state index is 0.337. The minimum atomic E-state index is -0.337. The lowest BCUT2D eigenvalue weighted by Gasteiger charge is -2.06. The SMILES string of the molecule is CC(=O)Oc1ccc(CC=O)cc1C. The Labute approximate surface area is 82.7 Å². The van der Waals surface area contributed by atoms with Gasteiger partial charge in [-0.2, -0.15) is 0 Å². The summed E-state index contributed by atoms with van der Waals surface area (Å²) in [6.45, 7) is 3.20. The van der Waals surface area contributed by atoms with Crippen molar-refractivity contribution in [2.45, 2.75) is 20.3 Å². The van der Waals surface area contributed by atoms with E-state index in [0.29, 0.717) is 12.2 Å². The fraction of sp³-hybridized carbons (Fsp3) is 0.273. The molecule has 0 aliphatic rings. The van der Waals surface area contributed by atoms with Gasteiger partial charge in [0.15, 0.2) is 0 Å². The molecule has 0 saturated carbocycles. The fourth-order valence-corrected chi connectivity index (χ4v) is 1.20. The van der Waals surface area contributed by atoms with Crippen LogP contribution in [0.5, 0.6) is 5.75 Å². The number of rotatable bonds is 3. The number of ether oxygens (including phenoxy) is 1. The van der Waals surface area contributed by atoms with E-state index in [1.165, 1.54) is 6.92 Å². The van der Waals surface area contributed by atoms with E-state index in [0.717, 1.165) is 17.4 Å². The summed E-state index contributed by atoms with van der Waals surface area (Å²) < 4.78 is 4.95. The monoisotopic (exact) mass is 192 g/mol. The third-order valence-electron chi connectivity index (χ3n) is 1.81. The first-order chi connectivity index (χ1) is 6.63. The molecule has 1 aromatic rings. The van der Waals surface area contributed by atoms with E-state index < -0.39 is 0 Å². The van der Waals surface area contributed by atoms with Gasteiger partial charge < -0.3 is 9.53 Å². The van der Waals surface area contributed by atoms with Gasteiger partial charge in [0.25, 0.3) is 0 Å². The maximum absolute atomic E-state index is 10.7. The predicted octanol–water partition coefficient (Wildman–Crippen LogP) is 1.66. The highest BCUT2D eigenvalue weighted by molar-refractivity contribution is 5.70. The van der Waals surface area contributed by atoms with Crippen LogP contribution >= 0.6 is 0 Å². The Morgan fingerprint density at radius 2 is 2.21 bits per heavy atom. The molecule has 1 rings (SSSR count). The number of hydrogen-bond donors (Lipinski definition) is 0. The van der Waals surface area contributed by atoms with Crippen molar-refractivity contribution in [3.05, 3.63) is 29.3 Å². The van der Waals surface area contributed by atoms with Crippen LogP contribution in [-0.4, -0.2) is 12.3 Å². The number of aryl methyl sites for hydroxylation is 1. The third kappa shape index (κ3) is 2.69. The Morgan fingerprint density at radius 3 is 2.71 bits per heavy atom. The van der Waals surface area contributed by atoms with Crippen LogP contribution in [0.2, 0.25) is 0 Å². The smallest absolute Gasteiger partial charge is 0.308 e. The second kappa shape index (κ2) is 4.56. The van der Waals surface area contributed by atoms with Gasteiger partial charge in [0.1, 0.15) is 12.0 Å². The van der Waals surface area contributed by atoms with Crippen molar-refractivity contribution in [2.75, 3.05) is 0 Å². The number of benzene rings is 1. The highest BCUT2D eigenvalue weighted by atomic mass is 16.5. The van der Waals surface area contributed by atoms with Crippen LogP contribution in [0.25, 0.3) is 0 Å². The molecule has 0 radical (unpaired) electrons. The number of esters is 1. The fourth-order valence-electron chi connectivity index (χ4n) is 1.20. The number of carbonyl (C=O) groups is 2. The molecule has 0 atom stereocenters. The summed E-state index contributed by atoms with van der Waals surface area (Å²) in [5, 5.41) is 0. The molecule has 0 bridgehead atoms. The second-order valence-electron chi connectivity index (χ2n) is 3.06. The second-order valence-corrected chi connectivity index (χ2v) is 3.06. The highest BCUT2D eigenvalue weighted by Crippen LogP contribution is 2.19. The van der Waals surface area contributed by atoms with Gasteiger partial charge >= 0.3 is 5.97 Å². The molecule has 1 aromatic carbocycles. The number of aldehydes is 1. The van der Waals surface area contributed by atoms with Gasteiger partial charge in [-0.05, 0) is 24.1 Å². The normalized spacial score (nSPS) is 9.57. The zero-order chi connectivity index (χ0) is 10.6. The van der Waals surface area contributed by atoms with Crippen molar-refractivity contribution in [2.24, 2.45) is 0 Å². The van der Waals surface area contributed by atoms with Crippen LogP contribution in [-0.2, 0) is 16.0 Å². The van der Waals surface area contributed by atoms with Gasteiger partial charge in [-0.1, -0.05) is 12.1 Å². The van der Waals surface area contributed by atoms with E-state index in [4.69, 9.17) is 4.74 Å². The van der Waals surface area contributed by atoms with Crippen molar-refractivity contribution >= 4 is 12.3 Å². The molecule has 0 aromatic heterocycles. The molecule has 0 N–H and O–H groups in total. The zero-order valence-electron chi connectivity index (χ0n) is 8.24. The van der Waals surface area contributed by atoms with Crippen LogP contribution in [0, 0.1) is 6.92 Å². The van der Waals surface area contributed by atoms with Crippen molar-refractivity contribution in [3.63, 3.8) is 0 Å². The van der Waals surface area contributed by atoms with Gasteiger partial charge in [0.05, 0.1) is 0 Å². The summed E-state index contributed by atoms with van der Waals surface area (Å²) in [5.74, 6) is 0.211. The standard InChI is InChI=1S/C11H12O3/c1-8-7-10(5-6-12)3-4-11(8)14-9(2)13/h3-4,6-7H,5H2,1-2H3. The largest absolute Gasteiger partial charge is 0.426 e. The van der Waals surface area contributed by atoms with Crippen molar-refractivity contribution in [1.82, 2.24) is 0 Å². The summed E-state index contributed by atoms with van der Waals surface area (Å²) in [4.78, 5) is 21.0. The Morgan fingerprint density at radius 1 is 1.50 bits per heavy atom. The zero-order valence-corrected chi connectivity index (χ0v) is 8.24. The van der Waals surface area contributed by atoms with E-state index in [-0.39, 0.29) is 5.97 Å². The molecule has 0 spiro atoms. The van der Waals surface area contributed by atoms with E-state index in [2.05, 4.69) is 0 Å². The molecule has 3 nitrogen and oxygen atoms in total. The maximum atomic E-state index is 10.7. The molecular formula is C11H12O3. The third-order valence-corrected chi connectivity index (χ3v) is 1.81. The summed E-state index contributed by atoms with van der Waals surface area (Å²) in [6, 6.07) is 5.32. The minimum Gasteiger partial charge on any atom is -0.426 e. The molecule has 0 heterocycles. The molecule has 0 aliphatic heterocycles. The molecule has 0 amide bonds. The average Bonchev–Trinajstić information content (AvgIpc) is 2.10. The lowest BCUT2D eigenvalue weighted by Crippen LogP contribution is -2.03. The lowest BCUT2D eigenvalue weighted by atomic mass is 10.1. The summed E-state index contributed by atoms with van der Waals surface area (Å²) in [5.41, 5.74) is 1.79. The van der Waals surface area contributed by atoms with Crippen LogP contribution in [0.15, 0.2) is 18.2 Å². The summed E-state index contributed by atoms with van der Waals surface area (Å²) in [7, 11) is 0. The Bertz CT molecular complexity index is 356. The van der Waals surface area contributed by atoms with E-state index in [9.17, 15) is 9.59 Å². The number of hydrogen-bond acceptors (Lipinski definition) is 3. The first-order valence-corrected chi connectivity index (χ1v) is 4.35. The average molecular weight is 192 g/mol. The Balaban J connectivity index is 2.89. The molecule has 74 valence electrons. The maximum Gasteiger partial charge on any atom is 0.308 e. The molecule has 3 heteroatoms. The molecular weight excluding hydrogens is 180 g/mol. The Kier molecular flexibility index (Phi) is 3.40. The summed E-state index contributed by atoms with van der Waals surface area (Å²) in [6.07, 6.45) is 1.24. The molecule has 0 fully saturated rings. The van der Waals surface area contributed by atoms with Crippen LogP contribution in [0.1, 0.15) is 18.1 Å². The Hall–Kier alpha value is -1.64. The van der Waals surface area contributed by atoms with Gasteiger partial charge in [-0.15, -0.1) is 0 Å². The summed E-state index contributed by atoms with van der Waals surface area (Å²) >= 11 is 0. The highest BCUT2D eigenvalue weighted by Gasteiger charge is 2.03. The van der Waals surface area contributed by atoms with Crippen LogP contribution in [0.4, 0.5) is 0 Å². The van der Waals surface area contributed by atoms with E-state index in [1.807, 2.05) is 13.0 Å². The van der Waals surface area contributed by atoms with Crippen molar-refractivity contribution in [3.8, 4) is 5.75 Å². The first-order valence-electron chi connectivity index (χ1n) is 4.35. The molecule has 0 saturated heterocycles. The lowest BCUT2D eigenvalue weighted by molar-refractivity contribution is -0.131. The number of carbonyl (C=O) groups excluding carboxylic acids is 2. The molecule has 0 unspecified atom stereocenters. The molecule has 14 heavy (non-hydrogen) atoms. The van der Waals surface area contributed by atoms with Gasteiger partial charge in [0.2, 0.25) is 0 Å². The quantitative estimate of drug-likeness (QED) is 0.415. The van der Waals surface area contributed by atoms with Crippen molar-refractivity contribution < 1.29 is 14.3 Å². The van der Waals surface area contributed by atoms with E-state index in [1.54, 1.807) is 12.1 Å². The topological polar surface area (TPSA) is 43.4 Å². The molecule has 0 aliphatic carbocycles. The van der Waals surface area contributed by atoms with E-state index >= 15 is 0 Å². The predicted molar refractivity (Wildman–Crippen MR) is 52.3 cm³/mol. The van der Waals surface area contributed by atoms with Gasteiger partial charge in [-0.25, -0.2) is 0 Å².